The summed E-state index contributed by atoms with van der Waals surface area (Å²) >= 11 is 7.16. The van der Waals surface area contributed by atoms with Crippen molar-refractivity contribution in [2.24, 2.45) is 12.8 Å². The number of hydrogen-bond acceptors (Lipinski definition) is 2. The van der Waals surface area contributed by atoms with Crippen LogP contribution in [0.25, 0.3) is 0 Å². The van der Waals surface area contributed by atoms with Gasteiger partial charge in [0.1, 0.15) is 0 Å². The SMILES string of the molecule is CCc1nn(C)c(CC(N)c2ccc(Br)c(C)c2)c1Br. The molecule has 0 aliphatic heterocycles. The third-order valence-electron chi connectivity index (χ3n) is 3.53. The predicted molar refractivity (Wildman–Crippen MR) is 89.8 cm³/mol. The van der Waals surface area contributed by atoms with Crippen molar-refractivity contribution in [1.82, 2.24) is 9.78 Å². The Labute approximate surface area is 136 Å². The van der Waals surface area contributed by atoms with E-state index in [4.69, 9.17) is 5.73 Å². The molecule has 2 N–H and O–H groups in total. The zero-order chi connectivity index (χ0) is 14.9. The van der Waals surface area contributed by atoms with E-state index < -0.39 is 0 Å². The molecule has 20 heavy (non-hydrogen) atoms. The first kappa shape index (κ1) is 15.7. The van der Waals surface area contributed by atoms with Crippen molar-refractivity contribution in [1.29, 1.82) is 0 Å². The Morgan fingerprint density at radius 2 is 2.05 bits per heavy atom. The monoisotopic (exact) mass is 399 g/mol. The summed E-state index contributed by atoms with van der Waals surface area (Å²) in [5, 5.41) is 4.51. The van der Waals surface area contributed by atoms with Crippen LogP contribution in [-0.2, 0) is 19.9 Å². The van der Waals surface area contributed by atoms with E-state index in [9.17, 15) is 0 Å². The van der Waals surface area contributed by atoms with Crippen LogP contribution in [0.4, 0.5) is 0 Å². The van der Waals surface area contributed by atoms with E-state index in [1.54, 1.807) is 0 Å². The van der Waals surface area contributed by atoms with Gasteiger partial charge < -0.3 is 5.73 Å². The third kappa shape index (κ3) is 3.15. The lowest BCUT2D eigenvalue weighted by Gasteiger charge is -2.14. The molecule has 0 amide bonds. The summed E-state index contributed by atoms with van der Waals surface area (Å²) in [6.07, 6.45) is 1.69. The number of nitrogens with two attached hydrogens (primary N) is 1. The Hall–Kier alpha value is -0.650. The van der Waals surface area contributed by atoms with Crippen LogP contribution >= 0.6 is 31.9 Å². The van der Waals surface area contributed by atoms with Crippen LogP contribution in [0.3, 0.4) is 0 Å². The van der Waals surface area contributed by atoms with Gasteiger partial charge in [-0.15, -0.1) is 0 Å². The first-order valence-corrected chi connectivity index (χ1v) is 8.24. The largest absolute Gasteiger partial charge is 0.324 e. The van der Waals surface area contributed by atoms with Gasteiger partial charge in [0.2, 0.25) is 0 Å². The molecule has 0 radical (unpaired) electrons. The van der Waals surface area contributed by atoms with Gasteiger partial charge in [-0.3, -0.25) is 4.68 Å². The third-order valence-corrected chi connectivity index (χ3v) is 5.33. The summed E-state index contributed by atoms with van der Waals surface area (Å²) in [6.45, 7) is 4.18. The van der Waals surface area contributed by atoms with E-state index in [0.29, 0.717) is 0 Å². The van der Waals surface area contributed by atoms with Crippen molar-refractivity contribution in [3.63, 3.8) is 0 Å². The van der Waals surface area contributed by atoms with Crippen LogP contribution in [0.5, 0.6) is 0 Å². The molecule has 1 unspecified atom stereocenters. The summed E-state index contributed by atoms with van der Waals surface area (Å²) in [6, 6.07) is 6.24. The van der Waals surface area contributed by atoms with E-state index in [2.05, 4.69) is 69.0 Å². The molecule has 0 bridgehead atoms. The second kappa shape index (κ2) is 6.41. The van der Waals surface area contributed by atoms with E-state index in [1.807, 2.05) is 11.7 Å². The van der Waals surface area contributed by atoms with E-state index in [-0.39, 0.29) is 6.04 Å². The quantitative estimate of drug-likeness (QED) is 0.840. The molecule has 0 aliphatic carbocycles. The molecule has 1 aromatic heterocycles. The molecule has 2 rings (SSSR count). The fraction of sp³-hybridized carbons (Fsp3) is 0.400. The van der Waals surface area contributed by atoms with Gasteiger partial charge >= 0.3 is 0 Å². The Morgan fingerprint density at radius 1 is 1.35 bits per heavy atom. The molecule has 0 fully saturated rings. The Kier molecular flexibility index (Phi) is 5.04. The minimum atomic E-state index is -0.0294. The van der Waals surface area contributed by atoms with Gasteiger partial charge in [0.15, 0.2) is 0 Å². The van der Waals surface area contributed by atoms with E-state index >= 15 is 0 Å². The number of halogens is 2. The Bertz CT molecular complexity index is 620. The minimum absolute atomic E-state index is 0.0294. The van der Waals surface area contributed by atoms with E-state index in [1.165, 1.54) is 5.56 Å². The van der Waals surface area contributed by atoms with Crippen molar-refractivity contribution >= 4 is 31.9 Å². The van der Waals surface area contributed by atoms with Crippen molar-refractivity contribution in [2.45, 2.75) is 32.7 Å². The molecule has 0 saturated heterocycles. The highest BCUT2D eigenvalue weighted by molar-refractivity contribution is 9.10. The fourth-order valence-electron chi connectivity index (χ4n) is 2.27. The second-order valence-corrected chi connectivity index (χ2v) is 6.65. The minimum Gasteiger partial charge on any atom is -0.324 e. The molecular formula is C15H19Br2N3. The number of hydrogen-bond donors (Lipinski definition) is 1. The van der Waals surface area contributed by atoms with Gasteiger partial charge in [-0.2, -0.15) is 5.10 Å². The van der Waals surface area contributed by atoms with Crippen molar-refractivity contribution in [2.75, 3.05) is 0 Å². The van der Waals surface area contributed by atoms with Crippen LogP contribution < -0.4 is 5.73 Å². The van der Waals surface area contributed by atoms with Gasteiger partial charge in [-0.25, -0.2) is 0 Å². The maximum atomic E-state index is 6.36. The van der Waals surface area contributed by atoms with E-state index in [0.717, 1.165) is 38.7 Å². The van der Waals surface area contributed by atoms with Crippen LogP contribution in [0.15, 0.2) is 27.1 Å². The first-order chi connectivity index (χ1) is 9.43. The molecule has 1 aromatic carbocycles. The highest BCUT2D eigenvalue weighted by Gasteiger charge is 2.16. The zero-order valence-electron chi connectivity index (χ0n) is 12.0. The highest BCUT2D eigenvalue weighted by Crippen LogP contribution is 2.27. The van der Waals surface area contributed by atoms with Crippen LogP contribution in [0.1, 0.15) is 35.5 Å². The number of rotatable bonds is 4. The van der Waals surface area contributed by atoms with Crippen LogP contribution in [-0.4, -0.2) is 9.78 Å². The molecule has 5 heteroatoms. The molecule has 0 saturated carbocycles. The van der Waals surface area contributed by atoms with Gasteiger partial charge in [-0.1, -0.05) is 35.0 Å². The smallest absolute Gasteiger partial charge is 0.0766 e. The summed E-state index contributed by atoms with van der Waals surface area (Å²) in [5.74, 6) is 0. The summed E-state index contributed by atoms with van der Waals surface area (Å²) < 4.78 is 4.13. The fourth-order valence-corrected chi connectivity index (χ4v) is 3.29. The first-order valence-electron chi connectivity index (χ1n) is 6.65. The lowest BCUT2D eigenvalue weighted by Crippen LogP contribution is -2.16. The predicted octanol–water partition coefficient (Wildman–Crippen LogP) is 4.06. The zero-order valence-corrected chi connectivity index (χ0v) is 15.1. The number of aryl methyl sites for hydroxylation is 3. The molecule has 1 atom stereocenters. The molecule has 3 nitrogen and oxygen atoms in total. The van der Waals surface area contributed by atoms with Gasteiger partial charge in [0.25, 0.3) is 0 Å². The lowest BCUT2D eigenvalue weighted by molar-refractivity contribution is 0.636. The molecule has 2 aromatic rings. The Balaban J connectivity index is 2.25. The van der Waals surface area contributed by atoms with Gasteiger partial charge in [-0.05, 0) is 46.5 Å². The molecule has 108 valence electrons. The summed E-state index contributed by atoms with van der Waals surface area (Å²) in [7, 11) is 1.97. The number of benzene rings is 1. The summed E-state index contributed by atoms with van der Waals surface area (Å²) in [5.41, 5.74) is 10.9. The van der Waals surface area contributed by atoms with Crippen molar-refractivity contribution in [3.8, 4) is 0 Å². The number of aromatic nitrogens is 2. The van der Waals surface area contributed by atoms with Crippen LogP contribution in [0, 0.1) is 6.92 Å². The standard InChI is InChI=1S/C15H19Br2N3/c1-4-13-15(17)14(20(3)19-13)8-12(18)10-5-6-11(16)9(2)7-10/h5-7,12H,4,8,18H2,1-3H3. The lowest BCUT2D eigenvalue weighted by atomic mass is 10.0. The number of nitrogens with zero attached hydrogens (tertiary/aromatic N) is 2. The molecule has 1 heterocycles. The maximum absolute atomic E-state index is 6.36. The second-order valence-electron chi connectivity index (χ2n) is 5.00. The van der Waals surface area contributed by atoms with Crippen molar-refractivity contribution in [3.05, 3.63) is 49.7 Å². The summed E-state index contributed by atoms with van der Waals surface area (Å²) in [4.78, 5) is 0. The Morgan fingerprint density at radius 3 is 2.60 bits per heavy atom. The topological polar surface area (TPSA) is 43.8 Å². The van der Waals surface area contributed by atoms with Crippen molar-refractivity contribution < 1.29 is 0 Å². The average molecular weight is 401 g/mol. The maximum Gasteiger partial charge on any atom is 0.0766 e. The highest BCUT2D eigenvalue weighted by atomic mass is 79.9. The average Bonchev–Trinajstić information content (AvgIpc) is 2.69. The molecular weight excluding hydrogens is 382 g/mol. The van der Waals surface area contributed by atoms with Gasteiger partial charge in [0.05, 0.1) is 15.9 Å². The van der Waals surface area contributed by atoms with Gasteiger partial charge in [0, 0.05) is 24.0 Å². The normalized spacial score (nSPS) is 12.7. The van der Waals surface area contributed by atoms with Crippen LogP contribution in [0.2, 0.25) is 0 Å². The molecule has 0 aliphatic rings. The molecule has 0 spiro atoms.